The summed E-state index contributed by atoms with van der Waals surface area (Å²) in [4.78, 5) is 2.03. The normalized spacial score (nSPS) is 11.1. The van der Waals surface area contributed by atoms with Crippen LogP contribution in [0.2, 0.25) is 5.02 Å². The number of halogens is 1. The van der Waals surface area contributed by atoms with Crippen molar-refractivity contribution in [3.05, 3.63) is 83.5 Å². The number of hydrogen-bond acceptors (Lipinski definition) is 6. The first kappa shape index (κ1) is 18.3. The topological polar surface area (TPSA) is 77.0 Å². The summed E-state index contributed by atoms with van der Waals surface area (Å²) in [6, 6.07) is 21.5. The van der Waals surface area contributed by atoms with Gasteiger partial charge in [-0.1, -0.05) is 41.9 Å². The average Bonchev–Trinajstić information content (AvgIpc) is 3.41. The van der Waals surface area contributed by atoms with Crippen molar-refractivity contribution in [3.8, 4) is 16.9 Å². The highest BCUT2D eigenvalue weighted by atomic mass is 35.5. The van der Waals surface area contributed by atoms with Crippen molar-refractivity contribution in [1.82, 2.24) is 35.0 Å². The van der Waals surface area contributed by atoms with Gasteiger partial charge in [-0.05, 0) is 46.8 Å². The van der Waals surface area contributed by atoms with Crippen LogP contribution in [-0.4, -0.2) is 42.1 Å². The maximum absolute atomic E-state index is 6.08. The monoisotopic (exact) mass is 416 g/mol. The Hall–Kier alpha value is -3.78. The fourth-order valence-electron chi connectivity index (χ4n) is 3.27. The van der Waals surface area contributed by atoms with Crippen molar-refractivity contribution >= 4 is 23.1 Å². The lowest BCUT2D eigenvalue weighted by Gasteiger charge is -2.17. The van der Waals surface area contributed by atoms with E-state index < -0.39 is 0 Å². The van der Waals surface area contributed by atoms with Crippen LogP contribution in [0.4, 0.5) is 5.82 Å². The molecule has 8 nitrogen and oxygen atoms in total. The zero-order chi connectivity index (χ0) is 20.5. The molecule has 0 aliphatic rings. The molecular weight excluding hydrogens is 400 g/mol. The van der Waals surface area contributed by atoms with Crippen LogP contribution in [0, 0.1) is 0 Å². The van der Waals surface area contributed by atoms with E-state index in [4.69, 9.17) is 16.7 Å². The molecule has 0 atom stereocenters. The van der Waals surface area contributed by atoms with E-state index in [1.54, 1.807) is 0 Å². The highest BCUT2D eigenvalue weighted by Crippen LogP contribution is 2.27. The van der Waals surface area contributed by atoms with Gasteiger partial charge in [-0.3, -0.25) is 0 Å². The molecule has 0 bridgehead atoms. The van der Waals surface area contributed by atoms with Crippen molar-refractivity contribution in [1.29, 1.82) is 0 Å². The van der Waals surface area contributed by atoms with E-state index in [2.05, 4.69) is 20.6 Å². The number of aromatic nitrogens is 7. The average molecular weight is 417 g/mol. The number of benzene rings is 2. The van der Waals surface area contributed by atoms with Gasteiger partial charge in [-0.15, -0.1) is 14.8 Å². The van der Waals surface area contributed by atoms with Gasteiger partial charge >= 0.3 is 0 Å². The number of tetrazole rings is 1. The second kappa shape index (κ2) is 7.57. The van der Waals surface area contributed by atoms with E-state index in [0.29, 0.717) is 17.2 Å². The van der Waals surface area contributed by atoms with Crippen LogP contribution in [0.5, 0.6) is 0 Å². The third kappa shape index (κ3) is 3.48. The van der Waals surface area contributed by atoms with E-state index in [-0.39, 0.29) is 0 Å². The highest BCUT2D eigenvalue weighted by molar-refractivity contribution is 6.30. The van der Waals surface area contributed by atoms with Gasteiger partial charge in [-0.2, -0.15) is 5.10 Å². The number of anilines is 1. The van der Waals surface area contributed by atoms with Crippen LogP contribution in [0.1, 0.15) is 5.56 Å². The Morgan fingerprint density at radius 1 is 0.933 bits per heavy atom. The van der Waals surface area contributed by atoms with Gasteiger partial charge in [0.25, 0.3) is 0 Å². The summed E-state index contributed by atoms with van der Waals surface area (Å²) in [6.07, 6.45) is 2.05. The standard InChI is InChI=1S/C21H17ClN8/c1-28(20-12-11-19-23-26-27-30(19)24-20)13-16-14-29(18-5-3-2-4-6-18)25-21(16)15-7-9-17(22)10-8-15/h2-12,14H,13H2,1H3. The van der Waals surface area contributed by atoms with Gasteiger partial charge < -0.3 is 4.90 Å². The molecule has 0 N–H and O–H groups in total. The molecule has 0 unspecified atom stereocenters. The minimum Gasteiger partial charge on any atom is -0.354 e. The molecule has 0 saturated carbocycles. The molecule has 5 aromatic rings. The molecule has 0 aliphatic heterocycles. The Morgan fingerprint density at radius 2 is 1.73 bits per heavy atom. The quantitative estimate of drug-likeness (QED) is 0.435. The molecule has 0 amide bonds. The van der Waals surface area contributed by atoms with Crippen molar-refractivity contribution in [3.63, 3.8) is 0 Å². The maximum atomic E-state index is 6.08. The second-order valence-electron chi connectivity index (χ2n) is 6.86. The Bertz CT molecular complexity index is 1290. The molecule has 0 aliphatic carbocycles. The predicted octanol–water partition coefficient (Wildman–Crippen LogP) is 3.66. The van der Waals surface area contributed by atoms with Crippen LogP contribution < -0.4 is 4.90 Å². The zero-order valence-corrected chi connectivity index (χ0v) is 16.8. The van der Waals surface area contributed by atoms with E-state index >= 15 is 0 Å². The number of rotatable bonds is 5. The first-order valence-corrected chi connectivity index (χ1v) is 9.72. The third-order valence-electron chi connectivity index (χ3n) is 4.78. The molecule has 148 valence electrons. The summed E-state index contributed by atoms with van der Waals surface area (Å²) < 4.78 is 3.31. The summed E-state index contributed by atoms with van der Waals surface area (Å²) in [5.74, 6) is 0.754. The van der Waals surface area contributed by atoms with Gasteiger partial charge in [0.15, 0.2) is 11.5 Å². The SMILES string of the molecule is CN(Cc1cn(-c2ccccc2)nc1-c1ccc(Cl)cc1)c1ccc2nnnn2n1. The summed E-state index contributed by atoms with van der Waals surface area (Å²) in [6.45, 7) is 0.603. The molecule has 5 rings (SSSR count). The molecule has 0 radical (unpaired) electrons. The lowest BCUT2D eigenvalue weighted by molar-refractivity contribution is 0.720. The lowest BCUT2D eigenvalue weighted by atomic mass is 10.1. The van der Waals surface area contributed by atoms with Crippen LogP contribution in [-0.2, 0) is 6.54 Å². The van der Waals surface area contributed by atoms with Gasteiger partial charge in [-0.25, -0.2) is 4.68 Å². The van der Waals surface area contributed by atoms with Crippen LogP contribution >= 0.6 is 11.6 Å². The maximum Gasteiger partial charge on any atom is 0.200 e. The lowest BCUT2D eigenvalue weighted by Crippen LogP contribution is -2.19. The fourth-order valence-corrected chi connectivity index (χ4v) is 3.40. The van der Waals surface area contributed by atoms with Gasteiger partial charge in [0, 0.05) is 35.9 Å². The number of fused-ring (bicyclic) bond motifs is 1. The highest BCUT2D eigenvalue weighted by Gasteiger charge is 2.15. The number of nitrogens with zero attached hydrogens (tertiary/aromatic N) is 8. The minimum atomic E-state index is 0.603. The largest absolute Gasteiger partial charge is 0.354 e. The van der Waals surface area contributed by atoms with Crippen molar-refractivity contribution in [2.75, 3.05) is 11.9 Å². The molecule has 3 aromatic heterocycles. The predicted molar refractivity (Wildman–Crippen MR) is 115 cm³/mol. The van der Waals surface area contributed by atoms with E-state index in [0.717, 1.165) is 28.3 Å². The molecule has 0 saturated heterocycles. The Balaban J connectivity index is 1.53. The molecule has 2 aromatic carbocycles. The van der Waals surface area contributed by atoms with Crippen LogP contribution in [0.25, 0.3) is 22.6 Å². The summed E-state index contributed by atoms with van der Waals surface area (Å²) in [7, 11) is 1.98. The van der Waals surface area contributed by atoms with Crippen molar-refractivity contribution < 1.29 is 0 Å². The van der Waals surface area contributed by atoms with Crippen LogP contribution in [0.3, 0.4) is 0 Å². The number of para-hydroxylation sites is 1. The smallest absolute Gasteiger partial charge is 0.200 e. The molecular formula is C21H17ClN8. The number of hydrogen-bond donors (Lipinski definition) is 0. The van der Waals surface area contributed by atoms with Crippen molar-refractivity contribution in [2.24, 2.45) is 0 Å². The first-order valence-electron chi connectivity index (χ1n) is 9.34. The van der Waals surface area contributed by atoms with Gasteiger partial charge in [0.1, 0.15) is 0 Å². The molecule has 0 fully saturated rings. The molecule has 9 heteroatoms. The van der Waals surface area contributed by atoms with Gasteiger partial charge in [0.05, 0.1) is 11.4 Å². The third-order valence-corrected chi connectivity index (χ3v) is 5.03. The van der Waals surface area contributed by atoms with E-state index in [1.165, 1.54) is 4.63 Å². The summed E-state index contributed by atoms with van der Waals surface area (Å²) in [5.41, 5.74) is 4.55. The summed E-state index contributed by atoms with van der Waals surface area (Å²) >= 11 is 6.08. The van der Waals surface area contributed by atoms with E-state index in [1.807, 2.05) is 89.6 Å². The molecule has 3 heterocycles. The Labute approximate surface area is 177 Å². The first-order chi connectivity index (χ1) is 14.7. The van der Waals surface area contributed by atoms with E-state index in [9.17, 15) is 0 Å². The molecule has 0 spiro atoms. The second-order valence-corrected chi connectivity index (χ2v) is 7.30. The van der Waals surface area contributed by atoms with Gasteiger partial charge in [0.2, 0.25) is 0 Å². The Kier molecular flexibility index (Phi) is 4.61. The minimum absolute atomic E-state index is 0.603. The van der Waals surface area contributed by atoms with Crippen LogP contribution in [0.15, 0.2) is 72.9 Å². The fraction of sp³-hybridized carbons (Fsp3) is 0.0952. The van der Waals surface area contributed by atoms with Crippen molar-refractivity contribution in [2.45, 2.75) is 6.54 Å². The summed E-state index contributed by atoms with van der Waals surface area (Å²) in [5, 5.41) is 21.4. The molecule has 30 heavy (non-hydrogen) atoms. The Morgan fingerprint density at radius 3 is 2.53 bits per heavy atom. The zero-order valence-electron chi connectivity index (χ0n) is 16.1.